The predicted octanol–water partition coefficient (Wildman–Crippen LogP) is 1.37. The van der Waals surface area contributed by atoms with E-state index in [2.05, 4.69) is 5.32 Å². The van der Waals surface area contributed by atoms with E-state index in [9.17, 15) is 19.2 Å². The van der Waals surface area contributed by atoms with E-state index in [1.165, 1.54) is 4.90 Å². The number of ether oxygens (including phenoxy) is 1. The third-order valence-corrected chi connectivity index (χ3v) is 4.59. The summed E-state index contributed by atoms with van der Waals surface area (Å²) in [4.78, 5) is 49.7. The molecular weight excluding hydrogens is 364 g/mol. The van der Waals surface area contributed by atoms with Crippen LogP contribution in [0.2, 0.25) is 0 Å². The van der Waals surface area contributed by atoms with E-state index in [-0.39, 0.29) is 13.0 Å². The number of carboxylic acids is 1. The molecule has 1 aromatic rings. The predicted molar refractivity (Wildman–Crippen MR) is 101 cm³/mol. The van der Waals surface area contributed by atoms with E-state index >= 15 is 0 Å². The Balaban J connectivity index is 2.16. The molecule has 1 heterocycles. The minimum Gasteiger partial charge on any atom is -0.494 e. The Kier molecular flexibility index (Phi) is 6.77. The van der Waals surface area contributed by atoms with Crippen molar-refractivity contribution in [1.82, 2.24) is 10.2 Å². The highest BCUT2D eigenvalue weighted by atomic mass is 16.5. The first-order valence-corrected chi connectivity index (χ1v) is 9.21. The number of carboxylic acid groups (broad SMARTS) is 1. The van der Waals surface area contributed by atoms with Crippen LogP contribution in [0.4, 0.5) is 0 Å². The number of piperidine rings is 1. The van der Waals surface area contributed by atoms with E-state index in [0.717, 1.165) is 17.7 Å². The number of carbonyl (C=O) groups is 4. The fourth-order valence-electron chi connectivity index (χ4n) is 3.12. The molecule has 8 heteroatoms. The molecule has 0 saturated carbocycles. The first-order chi connectivity index (χ1) is 13.2. The molecule has 1 aliphatic heterocycles. The summed E-state index contributed by atoms with van der Waals surface area (Å²) in [6.07, 6.45) is 0.916. The maximum atomic E-state index is 12.9. The van der Waals surface area contributed by atoms with Crippen molar-refractivity contribution >= 4 is 23.6 Å². The summed E-state index contributed by atoms with van der Waals surface area (Å²) in [7, 11) is 0. The summed E-state index contributed by atoms with van der Waals surface area (Å²) in [5.41, 5.74) is 0.0825. The highest BCUT2D eigenvalue weighted by Gasteiger charge is 2.48. The number of benzene rings is 1. The Morgan fingerprint density at radius 3 is 2.46 bits per heavy atom. The molecule has 1 unspecified atom stereocenters. The van der Waals surface area contributed by atoms with Crippen molar-refractivity contribution in [2.24, 2.45) is 5.92 Å². The van der Waals surface area contributed by atoms with Gasteiger partial charge in [0.1, 0.15) is 12.3 Å². The average molecular weight is 390 g/mol. The lowest BCUT2D eigenvalue weighted by molar-refractivity contribution is -0.158. The van der Waals surface area contributed by atoms with Gasteiger partial charge in [0, 0.05) is 18.5 Å². The van der Waals surface area contributed by atoms with Crippen molar-refractivity contribution in [3.63, 3.8) is 0 Å². The second kappa shape index (κ2) is 8.86. The van der Waals surface area contributed by atoms with Gasteiger partial charge in [-0.1, -0.05) is 19.1 Å². The summed E-state index contributed by atoms with van der Waals surface area (Å²) in [6.45, 7) is 5.77. The fraction of sp³-hybridized carbons (Fsp3) is 0.500. The molecule has 0 aliphatic carbocycles. The number of hydrogen-bond acceptors (Lipinski definition) is 5. The van der Waals surface area contributed by atoms with E-state index in [4.69, 9.17) is 9.84 Å². The summed E-state index contributed by atoms with van der Waals surface area (Å²) < 4.78 is 5.54. The third-order valence-electron chi connectivity index (χ3n) is 4.59. The quantitative estimate of drug-likeness (QED) is 0.648. The number of nitrogens with one attached hydrogen (secondary N) is 1. The van der Waals surface area contributed by atoms with E-state index in [0.29, 0.717) is 6.61 Å². The SMILES string of the molecule is CCCOc1ccc(CN2C(=O)C(C(=O)NCC(=O)O)C(=O)CC2(C)C)cc1. The highest BCUT2D eigenvalue weighted by Crippen LogP contribution is 2.31. The number of carbonyl (C=O) groups excluding carboxylic acids is 3. The van der Waals surface area contributed by atoms with Gasteiger partial charge in [0.25, 0.3) is 0 Å². The van der Waals surface area contributed by atoms with Gasteiger partial charge in [-0.3, -0.25) is 19.2 Å². The van der Waals surface area contributed by atoms with Crippen LogP contribution in [-0.2, 0) is 25.7 Å². The number of rotatable bonds is 8. The summed E-state index contributed by atoms with van der Waals surface area (Å²) >= 11 is 0. The van der Waals surface area contributed by atoms with E-state index < -0.39 is 41.6 Å². The van der Waals surface area contributed by atoms with E-state index in [1.54, 1.807) is 13.8 Å². The smallest absolute Gasteiger partial charge is 0.322 e. The van der Waals surface area contributed by atoms with Crippen LogP contribution in [0.3, 0.4) is 0 Å². The molecule has 28 heavy (non-hydrogen) atoms. The zero-order chi connectivity index (χ0) is 20.9. The standard InChI is InChI=1S/C20H26N2O6/c1-4-9-28-14-7-5-13(6-8-14)12-22-19(27)17(15(23)10-20(22,2)3)18(26)21-11-16(24)25/h5-8,17H,4,9-12H2,1-3H3,(H,21,26)(H,24,25). The summed E-state index contributed by atoms with van der Waals surface area (Å²) in [5, 5.41) is 10.8. The van der Waals surface area contributed by atoms with Crippen molar-refractivity contribution in [1.29, 1.82) is 0 Å². The van der Waals surface area contributed by atoms with Crippen LogP contribution in [0, 0.1) is 5.92 Å². The minimum atomic E-state index is -1.51. The molecule has 2 amide bonds. The lowest BCUT2D eigenvalue weighted by atomic mass is 9.82. The maximum Gasteiger partial charge on any atom is 0.322 e. The maximum absolute atomic E-state index is 12.9. The van der Waals surface area contributed by atoms with Crippen LogP contribution in [-0.4, -0.2) is 52.3 Å². The highest BCUT2D eigenvalue weighted by molar-refractivity contribution is 6.20. The normalized spacial score (nSPS) is 18.7. The molecule has 2 rings (SSSR count). The minimum absolute atomic E-state index is 0.0155. The van der Waals surface area contributed by atoms with Crippen molar-refractivity contribution in [2.75, 3.05) is 13.2 Å². The van der Waals surface area contributed by atoms with Gasteiger partial charge in [-0.2, -0.15) is 0 Å². The lowest BCUT2D eigenvalue weighted by Crippen LogP contribution is -2.60. The molecule has 0 radical (unpaired) electrons. The largest absolute Gasteiger partial charge is 0.494 e. The Bertz CT molecular complexity index is 756. The molecule has 1 atom stereocenters. The van der Waals surface area contributed by atoms with Crippen molar-refractivity contribution in [2.45, 2.75) is 45.7 Å². The van der Waals surface area contributed by atoms with Gasteiger partial charge in [0.15, 0.2) is 11.7 Å². The van der Waals surface area contributed by atoms with Crippen molar-refractivity contribution in [3.05, 3.63) is 29.8 Å². The lowest BCUT2D eigenvalue weighted by Gasteiger charge is -2.44. The summed E-state index contributed by atoms with van der Waals surface area (Å²) in [6, 6.07) is 7.30. The number of likely N-dealkylation sites (tertiary alicyclic amines) is 1. The first kappa shape index (κ1) is 21.4. The van der Waals surface area contributed by atoms with Gasteiger partial charge < -0.3 is 20.1 Å². The molecule has 2 N–H and O–H groups in total. The second-order valence-electron chi connectivity index (χ2n) is 7.42. The molecule has 1 aliphatic rings. The molecule has 0 aromatic heterocycles. The number of ketones is 1. The number of hydrogen-bond donors (Lipinski definition) is 2. The van der Waals surface area contributed by atoms with Crippen molar-refractivity contribution < 1.29 is 29.0 Å². The molecule has 0 spiro atoms. The van der Waals surface area contributed by atoms with Crippen LogP contribution in [0.5, 0.6) is 5.75 Å². The zero-order valence-electron chi connectivity index (χ0n) is 16.4. The van der Waals surface area contributed by atoms with Crippen LogP contribution >= 0.6 is 0 Å². The van der Waals surface area contributed by atoms with Gasteiger partial charge in [-0.15, -0.1) is 0 Å². The monoisotopic (exact) mass is 390 g/mol. The molecular formula is C20H26N2O6. The third kappa shape index (κ3) is 5.09. The first-order valence-electron chi connectivity index (χ1n) is 9.21. The van der Waals surface area contributed by atoms with Crippen LogP contribution in [0.1, 0.15) is 39.2 Å². The molecule has 1 aromatic carbocycles. The van der Waals surface area contributed by atoms with Crippen LogP contribution in [0.15, 0.2) is 24.3 Å². The van der Waals surface area contributed by atoms with Crippen LogP contribution < -0.4 is 10.1 Å². The number of aliphatic carboxylic acids is 1. The van der Waals surface area contributed by atoms with Gasteiger partial charge in [0.05, 0.1) is 6.61 Å². The Labute approximate surface area is 163 Å². The molecule has 0 bridgehead atoms. The fourth-order valence-corrected chi connectivity index (χ4v) is 3.12. The zero-order valence-corrected chi connectivity index (χ0v) is 16.4. The topological polar surface area (TPSA) is 113 Å². The second-order valence-corrected chi connectivity index (χ2v) is 7.42. The average Bonchev–Trinajstić information content (AvgIpc) is 2.62. The molecule has 1 fully saturated rings. The van der Waals surface area contributed by atoms with Crippen molar-refractivity contribution in [3.8, 4) is 5.75 Å². The Morgan fingerprint density at radius 2 is 1.89 bits per heavy atom. The summed E-state index contributed by atoms with van der Waals surface area (Å²) in [5.74, 6) is -4.02. The van der Waals surface area contributed by atoms with E-state index in [1.807, 2.05) is 31.2 Å². The molecule has 1 saturated heterocycles. The number of Topliss-reactive ketones (excluding diaryl/α,β-unsaturated/α-hetero) is 1. The van der Waals surface area contributed by atoms with Gasteiger partial charge in [-0.05, 0) is 38.0 Å². The van der Waals surface area contributed by atoms with Gasteiger partial charge >= 0.3 is 5.97 Å². The van der Waals surface area contributed by atoms with Gasteiger partial charge in [-0.25, -0.2) is 0 Å². The Hall–Kier alpha value is -2.90. The number of nitrogens with zero attached hydrogens (tertiary/aromatic N) is 1. The Morgan fingerprint density at radius 1 is 1.25 bits per heavy atom. The molecule has 152 valence electrons. The number of amides is 2. The van der Waals surface area contributed by atoms with Crippen LogP contribution in [0.25, 0.3) is 0 Å². The molecule has 8 nitrogen and oxygen atoms in total. The van der Waals surface area contributed by atoms with Gasteiger partial charge in [0.2, 0.25) is 11.8 Å².